The van der Waals surface area contributed by atoms with Crippen LogP contribution in [0.3, 0.4) is 0 Å². The fourth-order valence-corrected chi connectivity index (χ4v) is 1.65. The second-order valence-electron chi connectivity index (χ2n) is 5.44. The zero-order chi connectivity index (χ0) is 13.3. The molecule has 2 rings (SSSR count). The first-order chi connectivity index (χ1) is 8.36. The van der Waals surface area contributed by atoms with Gasteiger partial charge in [-0.25, -0.2) is 9.97 Å². The molecule has 0 atom stereocenters. The number of pyridine rings is 1. The van der Waals surface area contributed by atoms with Gasteiger partial charge in [0.15, 0.2) is 0 Å². The molecule has 0 saturated heterocycles. The average molecular weight is 242 g/mol. The summed E-state index contributed by atoms with van der Waals surface area (Å²) in [5.74, 6) is 1.26. The van der Waals surface area contributed by atoms with E-state index < -0.39 is 0 Å². The molecule has 2 aromatic rings. The van der Waals surface area contributed by atoms with Crippen molar-refractivity contribution >= 4 is 5.82 Å². The van der Waals surface area contributed by atoms with E-state index >= 15 is 0 Å². The largest absolute Gasteiger partial charge is 0.384 e. The highest BCUT2D eigenvalue weighted by atomic mass is 15.0. The minimum atomic E-state index is -0.119. The molecule has 2 aromatic heterocycles. The van der Waals surface area contributed by atoms with Gasteiger partial charge in [0.05, 0.1) is 5.69 Å². The van der Waals surface area contributed by atoms with Crippen molar-refractivity contribution in [2.24, 2.45) is 0 Å². The molecule has 0 bridgehead atoms. The lowest BCUT2D eigenvalue weighted by atomic mass is 9.95. The highest BCUT2D eigenvalue weighted by molar-refractivity contribution is 5.62. The monoisotopic (exact) mass is 242 g/mol. The number of rotatable bonds is 1. The van der Waals surface area contributed by atoms with Crippen LogP contribution in [-0.2, 0) is 5.41 Å². The standard InChI is InChI=1S/C14H18N4/c1-9-7-10(5-6-16-9)11-8-12(15)18-13(17-11)14(2,3)4/h5-8H,1-4H3,(H2,15,17,18). The van der Waals surface area contributed by atoms with Crippen LogP contribution in [0.25, 0.3) is 11.3 Å². The molecule has 4 heteroatoms. The Balaban J connectivity index is 2.55. The van der Waals surface area contributed by atoms with Gasteiger partial charge < -0.3 is 5.73 Å². The highest BCUT2D eigenvalue weighted by Gasteiger charge is 2.19. The number of anilines is 1. The average Bonchev–Trinajstić information content (AvgIpc) is 2.27. The third-order valence-corrected chi connectivity index (χ3v) is 2.61. The molecule has 94 valence electrons. The molecule has 0 aliphatic carbocycles. The summed E-state index contributed by atoms with van der Waals surface area (Å²) in [6.07, 6.45) is 1.78. The van der Waals surface area contributed by atoms with Crippen LogP contribution in [0, 0.1) is 6.92 Å². The molecular weight excluding hydrogens is 224 g/mol. The Morgan fingerprint density at radius 2 is 1.83 bits per heavy atom. The van der Waals surface area contributed by atoms with Crippen molar-refractivity contribution in [1.29, 1.82) is 0 Å². The number of hydrogen-bond donors (Lipinski definition) is 1. The van der Waals surface area contributed by atoms with E-state index in [1.54, 1.807) is 12.3 Å². The van der Waals surface area contributed by atoms with Gasteiger partial charge in [-0.15, -0.1) is 0 Å². The Morgan fingerprint density at radius 1 is 1.11 bits per heavy atom. The van der Waals surface area contributed by atoms with Crippen LogP contribution in [0.15, 0.2) is 24.4 Å². The Morgan fingerprint density at radius 3 is 2.44 bits per heavy atom. The van der Waals surface area contributed by atoms with Gasteiger partial charge in [0.2, 0.25) is 0 Å². The lowest BCUT2D eigenvalue weighted by Crippen LogP contribution is -2.17. The molecular formula is C14H18N4. The molecule has 18 heavy (non-hydrogen) atoms. The van der Waals surface area contributed by atoms with Crippen molar-refractivity contribution in [1.82, 2.24) is 15.0 Å². The first-order valence-electron chi connectivity index (χ1n) is 5.94. The van der Waals surface area contributed by atoms with Crippen molar-refractivity contribution < 1.29 is 0 Å². The van der Waals surface area contributed by atoms with Crippen molar-refractivity contribution in [2.45, 2.75) is 33.1 Å². The number of nitrogens with zero attached hydrogens (tertiary/aromatic N) is 3. The molecule has 0 aromatic carbocycles. The van der Waals surface area contributed by atoms with Crippen LogP contribution in [0.4, 0.5) is 5.82 Å². The Kier molecular flexibility index (Phi) is 3.03. The van der Waals surface area contributed by atoms with Gasteiger partial charge in [-0.2, -0.15) is 0 Å². The molecule has 2 heterocycles. The molecule has 4 nitrogen and oxygen atoms in total. The first kappa shape index (κ1) is 12.5. The molecule has 2 N–H and O–H groups in total. The molecule has 0 unspecified atom stereocenters. The highest BCUT2D eigenvalue weighted by Crippen LogP contribution is 2.24. The predicted octanol–water partition coefficient (Wildman–Crippen LogP) is 2.73. The summed E-state index contributed by atoms with van der Waals surface area (Å²) in [7, 11) is 0. The zero-order valence-corrected chi connectivity index (χ0v) is 11.2. The van der Waals surface area contributed by atoms with E-state index in [2.05, 4.69) is 35.7 Å². The molecule has 0 fully saturated rings. The van der Waals surface area contributed by atoms with Crippen molar-refractivity contribution in [3.05, 3.63) is 35.9 Å². The van der Waals surface area contributed by atoms with Crippen LogP contribution >= 0.6 is 0 Å². The SMILES string of the molecule is Cc1cc(-c2cc(N)nc(C(C)(C)C)n2)ccn1. The number of nitrogens with two attached hydrogens (primary N) is 1. The quantitative estimate of drug-likeness (QED) is 0.835. The maximum Gasteiger partial charge on any atom is 0.136 e. The van der Waals surface area contributed by atoms with Gasteiger partial charge in [-0.05, 0) is 19.1 Å². The maximum absolute atomic E-state index is 5.86. The van der Waals surface area contributed by atoms with Crippen molar-refractivity contribution in [3.63, 3.8) is 0 Å². The summed E-state index contributed by atoms with van der Waals surface area (Å²) in [4.78, 5) is 13.1. The first-order valence-corrected chi connectivity index (χ1v) is 5.94. The third-order valence-electron chi connectivity index (χ3n) is 2.61. The van der Waals surface area contributed by atoms with Crippen LogP contribution in [0.5, 0.6) is 0 Å². The van der Waals surface area contributed by atoms with Crippen LogP contribution in [0.1, 0.15) is 32.3 Å². The smallest absolute Gasteiger partial charge is 0.136 e. The Hall–Kier alpha value is -1.97. The third kappa shape index (κ3) is 2.64. The van der Waals surface area contributed by atoms with E-state index in [0.717, 1.165) is 22.8 Å². The second kappa shape index (κ2) is 4.37. The van der Waals surface area contributed by atoms with E-state index in [-0.39, 0.29) is 5.41 Å². The Bertz CT molecular complexity index is 570. The summed E-state index contributed by atoms with van der Waals surface area (Å²) in [6, 6.07) is 5.72. The zero-order valence-electron chi connectivity index (χ0n) is 11.2. The van der Waals surface area contributed by atoms with E-state index in [9.17, 15) is 0 Å². The maximum atomic E-state index is 5.86. The van der Waals surface area contributed by atoms with Crippen LogP contribution in [0.2, 0.25) is 0 Å². The lowest BCUT2D eigenvalue weighted by Gasteiger charge is -2.17. The summed E-state index contributed by atoms with van der Waals surface area (Å²) < 4.78 is 0. The van der Waals surface area contributed by atoms with Crippen molar-refractivity contribution in [3.8, 4) is 11.3 Å². The summed E-state index contributed by atoms with van der Waals surface area (Å²) >= 11 is 0. The normalized spacial score (nSPS) is 11.6. The predicted molar refractivity (Wildman–Crippen MR) is 73.1 cm³/mol. The van der Waals surface area contributed by atoms with Gasteiger partial charge >= 0.3 is 0 Å². The van der Waals surface area contributed by atoms with E-state index in [4.69, 9.17) is 5.73 Å². The van der Waals surface area contributed by atoms with Gasteiger partial charge in [-0.1, -0.05) is 20.8 Å². The van der Waals surface area contributed by atoms with Crippen LogP contribution < -0.4 is 5.73 Å². The summed E-state index contributed by atoms with van der Waals surface area (Å²) in [5.41, 5.74) is 8.57. The van der Waals surface area contributed by atoms with Gasteiger partial charge in [-0.3, -0.25) is 4.98 Å². The van der Waals surface area contributed by atoms with Gasteiger partial charge in [0, 0.05) is 28.9 Å². The lowest BCUT2D eigenvalue weighted by molar-refractivity contribution is 0.547. The number of hydrogen-bond acceptors (Lipinski definition) is 4. The topological polar surface area (TPSA) is 64.7 Å². The second-order valence-corrected chi connectivity index (χ2v) is 5.44. The van der Waals surface area contributed by atoms with Crippen molar-refractivity contribution in [2.75, 3.05) is 5.73 Å². The van der Waals surface area contributed by atoms with E-state index in [1.807, 2.05) is 19.1 Å². The number of aromatic nitrogens is 3. The molecule has 0 spiro atoms. The fourth-order valence-electron chi connectivity index (χ4n) is 1.65. The van der Waals surface area contributed by atoms with Gasteiger partial charge in [0.1, 0.15) is 11.6 Å². The summed E-state index contributed by atoms with van der Waals surface area (Å²) in [6.45, 7) is 8.18. The number of aryl methyl sites for hydroxylation is 1. The molecule has 0 saturated carbocycles. The molecule has 0 radical (unpaired) electrons. The molecule has 0 amide bonds. The van der Waals surface area contributed by atoms with Crippen LogP contribution in [-0.4, -0.2) is 15.0 Å². The number of nitrogen functional groups attached to an aromatic ring is 1. The Labute approximate surface area is 107 Å². The van der Waals surface area contributed by atoms with Gasteiger partial charge in [0.25, 0.3) is 0 Å². The summed E-state index contributed by atoms with van der Waals surface area (Å²) in [5, 5.41) is 0. The minimum absolute atomic E-state index is 0.119. The van der Waals surface area contributed by atoms with E-state index in [0.29, 0.717) is 5.82 Å². The molecule has 0 aliphatic rings. The fraction of sp³-hybridized carbons (Fsp3) is 0.357. The van der Waals surface area contributed by atoms with E-state index in [1.165, 1.54) is 0 Å². The minimum Gasteiger partial charge on any atom is -0.384 e. The molecule has 0 aliphatic heterocycles.